The molecule has 0 amide bonds. The third kappa shape index (κ3) is 4.59. The quantitative estimate of drug-likeness (QED) is 0.308. The first kappa shape index (κ1) is 20.1. The van der Waals surface area contributed by atoms with Crippen LogP contribution < -0.4 is 9.47 Å². The van der Waals surface area contributed by atoms with Gasteiger partial charge in [0.1, 0.15) is 28.5 Å². The molecule has 0 spiro atoms. The summed E-state index contributed by atoms with van der Waals surface area (Å²) in [4.78, 5) is 16.4. The first-order chi connectivity index (χ1) is 15.7. The fraction of sp³-hybridized carbons (Fsp3) is 0.231. The van der Waals surface area contributed by atoms with E-state index in [-0.39, 0.29) is 5.97 Å². The lowest BCUT2D eigenvalue weighted by Gasteiger charge is -2.09. The van der Waals surface area contributed by atoms with Crippen molar-refractivity contribution in [1.29, 1.82) is 0 Å². The van der Waals surface area contributed by atoms with Crippen molar-refractivity contribution < 1.29 is 23.4 Å². The summed E-state index contributed by atoms with van der Waals surface area (Å²) in [6.07, 6.45) is 4.17. The smallest absolute Gasteiger partial charge is 0.338 e. The van der Waals surface area contributed by atoms with Crippen molar-refractivity contribution >= 4 is 16.9 Å². The zero-order valence-electron chi connectivity index (χ0n) is 17.7. The molecule has 2 aromatic heterocycles. The van der Waals surface area contributed by atoms with E-state index in [2.05, 4.69) is 4.98 Å². The van der Waals surface area contributed by atoms with Crippen molar-refractivity contribution in [3.05, 3.63) is 72.4 Å². The number of pyridine rings is 1. The van der Waals surface area contributed by atoms with Crippen LogP contribution in [0.25, 0.3) is 22.4 Å². The van der Waals surface area contributed by atoms with Crippen LogP contribution >= 0.6 is 0 Å². The van der Waals surface area contributed by atoms with Crippen LogP contribution in [-0.4, -0.2) is 24.2 Å². The zero-order chi connectivity index (χ0) is 21.9. The molecule has 1 aliphatic carbocycles. The number of aromatic nitrogens is 1. The van der Waals surface area contributed by atoms with E-state index >= 15 is 0 Å². The van der Waals surface area contributed by atoms with Crippen LogP contribution in [0.2, 0.25) is 0 Å². The molecule has 6 heteroatoms. The van der Waals surface area contributed by atoms with Gasteiger partial charge in [-0.2, -0.15) is 0 Å². The number of rotatable bonds is 8. The minimum atomic E-state index is -0.367. The minimum absolute atomic E-state index is 0.330. The van der Waals surface area contributed by atoms with Crippen LogP contribution in [0.3, 0.4) is 0 Å². The van der Waals surface area contributed by atoms with Gasteiger partial charge in [0, 0.05) is 11.5 Å². The van der Waals surface area contributed by atoms with Crippen LogP contribution in [0.4, 0.5) is 0 Å². The Kier molecular flexibility index (Phi) is 5.50. The summed E-state index contributed by atoms with van der Waals surface area (Å²) in [5, 5.41) is 0.887. The molecule has 0 bridgehead atoms. The Morgan fingerprint density at radius 1 is 1.03 bits per heavy atom. The van der Waals surface area contributed by atoms with Gasteiger partial charge in [0.05, 0.1) is 25.0 Å². The number of hydrogen-bond donors (Lipinski definition) is 0. The molecule has 32 heavy (non-hydrogen) atoms. The maximum Gasteiger partial charge on any atom is 0.338 e. The molecule has 0 saturated heterocycles. The molecule has 1 saturated carbocycles. The van der Waals surface area contributed by atoms with Gasteiger partial charge in [0.15, 0.2) is 5.76 Å². The first-order valence-electron chi connectivity index (χ1n) is 10.8. The van der Waals surface area contributed by atoms with E-state index in [0.29, 0.717) is 46.6 Å². The van der Waals surface area contributed by atoms with E-state index in [0.717, 1.165) is 17.7 Å². The SMILES string of the molecule is CCOC(=O)c1ccc2cc(-c3ccc(Oc4cccc(OCC5CC5)c4)cn3)oc2c1. The van der Waals surface area contributed by atoms with E-state index in [1.54, 1.807) is 25.3 Å². The Labute approximate surface area is 185 Å². The first-order valence-corrected chi connectivity index (χ1v) is 10.8. The molecule has 0 unspecified atom stereocenters. The number of carbonyl (C=O) groups is 1. The molecule has 1 aliphatic rings. The highest BCUT2D eigenvalue weighted by molar-refractivity contribution is 5.94. The van der Waals surface area contributed by atoms with Gasteiger partial charge in [-0.05, 0) is 68.1 Å². The summed E-state index contributed by atoms with van der Waals surface area (Å²) in [7, 11) is 0. The number of ether oxygens (including phenoxy) is 3. The lowest BCUT2D eigenvalue weighted by molar-refractivity contribution is 0.0526. The van der Waals surface area contributed by atoms with E-state index in [1.807, 2.05) is 48.5 Å². The van der Waals surface area contributed by atoms with Crippen molar-refractivity contribution in [2.45, 2.75) is 19.8 Å². The Bertz CT molecular complexity index is 1240. The predicted octanol–water partition coefficient (Wildman–Crippen LogP) is 6.25. The van der Waals surface area contributed by atoms with Gasteiger partial charge >= 0.3 is 5.97 Å². The summed E-state index contributed by atoms with van der Waals surface area (Å²) < 4.78 is 22.7. The van der Waals surface area contributed by atoms with E-state index < -0.39 is 0 Å². The number of benzene rings is 2. The number of esters is 1. The predicted molar refractivity (Wildman–Crippen MR) is 120 cm³/mol. The van der Waals surface area contributed by atoms with Gasteiger partial charge in [0.25, 0.3) is 0 Å². The molecule has 2 aromatic carbocycles. The minimum Gasteiger partial charge on any atom is -0.493 e. The van der Waals surface area contributed by atoms with Gasteiger partial charge in [-0.3, -0.25) is 0 Å². The van der Waals surface area contributed by atoms with Gasteiger partial charge < -0.3 is 18.6 Å². The lowest BCUT2D eigenvalue weighted by atomic mass is 10.1. The zero-order valence-corrected chi connectivity index (χ0v) is 17.7. The molecule has 0 aliphatic heterocycles. The average molecular weight is 429 g/mol. The molecule has 5 rings (SSSR count). The number of furan rings is 1. The number of carbonyl (C=O) groups excluding carboxylic acids is 1. The van der Waals surface area contributed by atoms with Gasteiger partial charge in [-0.15, -0.1) is 0 Å². The maximum absolute atomic E-state index is 11.9. The molecule has 0 radical (unpaired) electrons. The third-order valence-corrected chi connectivity index (χ3v) is 5.24. The Hall–Kier alpha value is -3.80. The normalized spacial score (nSPS) is 13.2. The standard InChI is InChI=1S/C26H23NO5/c1-2-29-26(28)19-9-8-18-12-25(32-24(18)13-19)23-11-10-22(15-27-23)31-21-5-3-4-20(14-21)30-16-17-6-7-17/h3-5,8-15,17H,2,6-7,16H2,1H3. The lowest BCUT2D eigenvalue weighted by Crippen LogP contribution is -2.03. The summed E-state index contributed by atoms with van der Waals surface area (Å²) >= 11 is 0. The molecule has 2 heterocycles. The number of nitrogens with zero attached hydrogens (tertiary/aromatic N) is 1. The monoisotopic (exact) mass is 429 g/mol. The Morgan fingerprint density at radius 3 is 2.69 bits per heavy atom. The van der Waals surface area contributed by atoms with Crippen molar-refractivity contribution in [2.24, 2.45) is 5.92 Å². The Balaban J connectivity index is 1.29. The second-order valence-corrected chi connectivity index (χ2v) is 7.79. The highest BCUT2D eigenvalue weighted by Crippen LogP contribution is 2.32. The Morgan fingerprint density at radius 2 is 1.91 bits per heavy atom. The summed E-state index contributed by atoms with van der Waals surface area (Å²) in [6, 6.07) is 18.5. The molecule has 4 aromatic rings. The van der Waals surface area contributed by atoms with Crippen LogP contribution in [0.1, 0.15) is 30.1 Å². The van der Waals surface area contributed by atoms with Crippen molar-refractivity contribution in [1.82, 2.24) is 4.98 Å². The van der Waals surface area contributed by atoms with E-state index in [4.69, 9.17) is 18.6 Å². The summed E-state index contributed by atoms with van der Waals surface area (Å²) in [6.45, 7) is 2.87. The van der Waals surface area contributed by atoms with Crippen molar-refractivity contribution in [3.8, 4) is 28.7 Å². The summed E-state index contributed by atoms with van der Waals surface area (Å²) in [5.41, 5.74) is 1.74. The van der Waals surface area contributed by atoms with Crippen LogP contribution in [-0.2, 0) is 4.74 Å². The van der Waals surface area contributed by atoms with E-state index in [1.165, 1.54) is 12.8 Å². The molecular formula is C26H23NO5. The average Bonchev–Trinajstić information content (AvgIpc) is 3.55. The highest BCUT2D eigenvalue weighted by atomic mass is 16.5. The van der Waals surface area contributed by atoms with Gasteiger partial charge in [0.2, 0.25) is 0 Å². The second kappa shape index (κ2) is 8.75. The van der Waals surface area contributed by atoms with Crippen molar-refractivity contribution in [2.75, 3.05) is 13.2 Å². The molecule has 1 fully saturated rings. The molecule has 6 nitrogen and oxygen atoms in total. The highest BCUT2D eigenvalue weighted by Gasteiger charge is 2.22. The second-order valence-electron chi connectivity index (χ2n) is 7.79. The maximum atomic E-state index is 11.9. The molecule has 162 valence electrons. The molecule has 0 atom stereocenters. The molecular weight excluding hydrogens is 406 g/mol. The van der Waals surface area contributed by atoms with Gasteiger partial charge in [-0.25, -0.2) is 9.78 Å². The summed E-state index contributed by atoms with van der Waals surface area (Å²) in [5.74, 6) is 3.07. The van der Waals surface area contributed by atoms with E-state index in [9.17, 15) is 4.79 Å². The van der Waals surface area contributed by atoms with Crippen molar-refractivity contribution in [3.63, 3.8) is 0 Å². The third-order valence-electron chi connectivity index (χ3n) is 5.24. The number of fused-ring (bicyclic) bond motifs is 1. The fourth-order valence-corrected chi connectivity index (χ4v) is 3.35. The largest absolute Gasteiger partial charge is 0.493 e. The molecule has 0 N–H and O–H groups in total. The van der Waals surface area contributed by atoms with Crippen LogP contribution in [0, 0.1) is 5.92 Å². The van der Waals surface area contributed by atoms with Crippen LogP contribution in [0.5, 0.6) is 17.2 Å². The van der Waals surface area contributed by atoms with Gasteiger partial charge in [-0.1, -0.05) is 12.1 Å². The topological polar surface area (TPSA) is 70.8 Å². The number of hydrogen-bond acceptors (Lipinski definition) is 6. The fourth-order valence-electron chi connectivity index (χ4n) is 3.35. The van der Waals surface area contributed by atoms with Crippen LogP contribution in [0.15, 0.2) is 71.3 Å².